The molecule has 24 heavy (non-hydrogen) atoms. The highest BCUT2D eigenvalue weighted by molar-refractivity contribution is 7.12. The van der Waals surface area contributed by atoms with Crippen molar-refractivity contribution in [1.29, 1.82) is 0 Å². The van der Waals surface area contributed by atoms with Gasteiger partial charge < -0.3 is 14.2 Å². The molecule has 0 aliphatic carbocycles. The van der Waals surface area contributed by atoms with Gasteiger partial charge in [-0.1, -0.05) is 6.07 Å². The zero-order chi connectivity index (χ0) is 16.8. The van der Waals surface area contributed by atoms with Gasteiger partial charge in [0.15, 0.2) is 11.5 Å². The number of hydrogen-bond donors (Lipinski definition) is 0. The third-order valence-corrected chi connectivity index (χ3v) is 4.32. The molecular weight excluding hydrogens is 328 g/mol. The molecule has 1 aliphatic rings. The summed E-state index contributed by atoms with van der Waals surface area (Å²) in [6, 6.07) is 8.88. The van der Waals surface area contributed by atoms with Gasteiger partial charge in [-0.25, -0.2) is 4.79 Å². The fraction of sp³-hybridized carbons (Fsp3) is 0.294. The lowest BCUT2D eigenvalue weighted by atomic mass is 10.2. The number of ether oxygens (including phenoxy) is 3. The Bertz CT molecular complexity index is 709. The van der Waals surface area contributed by atoms with Crippen LogP contribution in [0.2, 0.25) is 0 Å². The number of thiophene rings is 1. The summed E-state index contributed by atoms with van der Waals surface area (Å²) in [5.74, 6) is 0.489. The van der Waals surface area contributed by atoms with E-state index in [0.717, 1.165) is 18.7 Å². The average molecular weight is 346 g/mol. The van der Waals surface area contributed by atoms with Crippen molar-refractivity contribution in [2.45, 2.75) is 0 Å². The molecule has 0 atom stereocenters. The molecule has 1 fully saturated rings. The monoisotopic (exact) mass is 346 g/mol. The highest BCUT2D eigenvalue weighted by atomic mass is 32.1. The van der Waals surface area contributed by atoms with Crippen LogP contribution in [0.4, 0.5) is 0 Å². The Balaban J connectivity index is 1.70. The minimum absolute atomic E-state index is 0.388. The lowest BCUT2D eigenvalue weighted by Gasteiger charge is -2.23. The van der Waals surface area contributed by atoms with Crippen LogP contribution in [0.3, 0.4) is 0 Å². The van der Waals surface area contributed by atoms with E-state index in [-0.39, 0.29) is 0 Å². The van der Waals surface area contributed by atoms with Gasteiger partial charge in [-0.15, -0.1) is 11.3 Å². The smallest absolute Gasteiger partial charge is 0.353 e. The first-order chi connectivity index (χ1) is 11.8. The van der Waals surface area contributed by atoms with Gasteiger partial charge in [-0.05, 0) is 35.2 Å². The Morgan fingerprint density at radius 3 is 2.83 bits per heavy atom. The van der Waals surface area contributed by atoms with Gasteiger partial charge in [0.25, 0.3) is 0 Å². The lowest BCUT2D eigenvalue weighted by Crippen LogP contribution is -2.32. The van der Waals surface area contributed by atoms with Crippen LogP contribution < -0.4 is 9.47 Å². The third kappa shape index (κ3) is 4.12. The van der Waals surface area contributed by atoms with Crippen LogP contribution in [0, 0.1) is 0 Å². The van der Waals surface area contributed by atoms with E-state index in [0.29, 0.717) is 29.6 Å². The Morgan fingerprint density at radius 2 is 2.12 bits per heavy atom. The largest absolute Gasteiger partial charge is 0.493 e. The summed E-state index contributed by atoms with van der Waals surface area (Å²) in [7, 11) is 1.54. The number of carbonyl (C=O) groups is 1. The molecule has 0 radical (unpaired) electrons. The van der Waals surface area contributed by atoms with Crippen LogP contribution in [0.15, 0.2) is 40.8 Å². The van der Waals surface area contributed by atoms with E-state index >= 15 is 0 Å². The predicted molar refractivity (Wildman–Crippen MR) is 92.3 cm³/mol. The molecule has 1 saturated heterocycles. The van der Waals surface area contributed by atoms with Crippen molar-refractivity contribution in [3.8, 4) is 11.5 Å². The summed E-state index contributed by atoms with van der Waals surface area (Å²) in [5.41, 5.74) is 0.870. The maximum Gasteiger partial charge on any atom is 0.353 e. The zero-order valence-electron chi connectivity index (χ0n) is 13.3. The van der Waals surface area contributed by atoms with E-state index in [1.54, 1.807) is 31.5 Å². The van der Waals surface area contributed by atoms with Gasteiger partial charge in [-0.3, -0.25) is 5.01 Å². The summed E-state index contributed by atoms with van der Waals surface area (Å²) >= 11 is 1.34. The molecule has 0 N–H and O–H groups in total. The Labute approximate surface area is 144 Å². The first-order valence-corrected chi connectivity index (χ1v) is 8.44. The van der Waals surface area contributed by atoms with Crippen LogP contribution in [-0.4, -0.2) is 50.6 Å². The fourth-order valence-electron chi connectivity index (χ4n) is 2.21. The molecule has 0 unspecified atom stereocenters. The van der Waals surface area contributed by atoms with Gasteiger partial charge in [0, 0.05) is 0 Å². The van der Waals surface area contributed by atoms with Gasteiger partial charge in [0.2, 0.25) is 0 Å². The van der Waals surface area contributed by atoms with Crippen LogP contribution in [0.25, 0.3) is 0 Å². The number of benzene rings is 1. The predicted octanol–water partition coefficient (Wildman–Crippen LogP) is 2.64. The van der Waals surface area contributed by atoms with Crippen molar-refractivity contribution >= 4 is 23.5 Å². The molecule has 3 rings (SSSR count). The second kappa shape index (κ2) is 7.94. The molecule has 0 amide bonds. The maximum atomic E-state index is 12.0. The quantitative estimate of drug-likeness (QED) is 0.473. The molecule has 0 bridgehead atoms. The standard InChI is InChI=1S/C17H18N2O4S/c1-21-15-11-13(12-18-19-6-8-22-9-7-19)4-5-14(15)23-17(20)16-3-2-10-24-16/h2-5,10-12H,6-9H2,1H3/b18-12+. The highest BCUT2D eigenvalue weighted by Crippen LogP contribution is 2.28. The summed E-state index contributed by atoms with van der Waals surface area (Å²) in [6.07, 6.45) is 1.76. The second-order valence-electron chi connectivity index (χ2n) is 5.09. The van der Waals surface area contributed by atoms with Gasteiger partial charge in [0.1, 0.15) is 4.88 Å². The molecule has 2 heterocycles. The number of carbonyl (C=O) groups excluding carboxylic acids is 1. The van der Waals surface area contributed by atoms with Crippen LogP contribution in [0.1, 0.15) is 15.2 Å². The normalized spacial score (nSPS) is 14.8. The number of rotatable bonds is 5. The minimum atomic E-state index is -0.391. The number of morpholine rings is 1. The number of hydrazone groups is 1. The first-order valence-electron chi connectivity index (χ1n) is 7.56. The number of methoxy groups -OCH3 is 1. The fourth-order valence-corrected chi connectivity index (χ4v) is 2.81. The minimum Gasteiger partial charge on any atom is -0.493 e. The Hall–Kier alpha value is -2.38. The van der Waals surface area contributed by atoms with Gasteiger partial charge in [0.05, 0.1) is 39.6 Å². The average Bonchev–Trinajstić information content (AvgIpc) is 3.16. The van der Waals surface area contributed by atoms with Crippen LogP contribution >= 0.6 is 11.3 Å². The number of esters is 1. The summed E-state index contributed by atoms with van der Waals surface area (Å²) in [6.45, 7) is 2.95. The van der Waals surface area contributed by atoms with E-state index < -0.39 is 5.97 Å². The molecule has 126 valence electrons. The topological polar surface area (TPSA) is 60.4 Å². The second-order valence-corrected chi connectivity index (χ2v) is 6.04. The van der Waals surface area contributed by atoms with E-state index in [4.69, 9.17) is 14.2 Å². The van der Waals surface area contributed by atoms with Crippen molar-refractivity contribution in [1.82, 2.24) is 5.01 Å². The van der Waals surface area contributed by atoms with Gasteiger partial charge >= 0.3 is 5.97 Å². The van der Waals surface area contributed by atoms with Crippen LogP contribution in [0.5, 0.6) is 11.5 Å². The summed E-state index contributed by atoms with van der Waals surface area (Å²) in [4.78, 5) is 12.6. The van der Waals surface area contributed by atoms with Crippen molar-refractivity contribution in [3.05, 3.63) is 46.2 Å². The first kappa shape index (κ1) is 16.5. The molecule has 2 aromatic rings. The van der Waals surface area contributed by atoms with Crippen molar-refractivity contribution in [2.24, 2.45) is 5.10 Å². The van der Waals surface area contributed by atoms with Crippen molar-refractivity contribution in [3.63, 3.8) is 0 Å². The molecule has 0 saturated carbocycles. The summed E-state index contributed by atoms with van der Waals surface area (Å²) in [5, 5.41) is 8.22. The molecule has 6 nitrogen and oxygen atoms in total. The van der Waals surface area contributed by atoms with Crippen molar-refractivity contribution in [2.75, 3.05) is 33.4 Å². The zero-order valence-corrected chi connectivity index (χ0v) is 14.1. The van der Waals surface area contributed by atoms with E-state index in [2.05, 4.69) is 5.10 Å². The molecule has 1 aromatic carbocycles. The number of nitrogens with zero attached hydrogens (tertiary/aromatic N) is 2. The highest BCUT2D eigenvalue weighted by Gasteiger charge is 2.13. The van der Waals surface area contributed by atoms with E-state index in [1.807, 2.05) is 22.5 Å². The number of hydrogen-bond acceptors (Lipinski definition) is 7. The lowest BCUT2D eigenvalue weighted by molar-refractivity contribution is 0.0397. The molecule has 7 heteroatoms. The molecule has 0 spiro atoms. The van der Waals surface area contributed by atoms with Gasteiger partial charge in [-0.2, -0.15) is 5.10 Å². The molecular formula is C17H18N2O4S. The molecule has 1 aliphatic heterocycles. The molecule has 1 aromatic heterocycles. The van der Waals surface area contributed by atoms with E-state index in [1.165, 1.54) is 11.3 Å². The van der Waals surface area contributed by atoms with Crippen molar-refractivity contribution < 1.29 is 19.0 Å². The maximum absolute atomic E-state index is 12.0. The summed E-state index contributed by atoms with van der Waals surface area (Å²) < 4.78 is 16.0. The third-order valence-electron chi connectivity index (χ3n) is 3.47. The van der Waals surface area contributed by atoms with E-state index in [9.17, 15) is 4.79 Å². The Morgan fingerprint density at radius 1 is 1.29 bits per heavy atom. The SMILES string of the molecule is COc1cc(/C=N/N2CCOCC2)ccc1OC(=O)c1cccs1. The Kier molecular flexibility index (Phi) is 5.45. The van der Waals surface area contributed by atoms with Crippen LogP contribution in [-0.2, 0) is 4.74 Å².